The average Bonchev–Trinajstić information content (AvgIpc) is 2.81. The third-order valence-electron chi connectivity index (χ3n) is 5.16. The number of aromatic nitrogens is 1. The zero-order valence-electron chi connectivity index (χ0n) is 16.7. The molecule has 0 saturated heterocycles. The van der Waals surface area contributed by atoms with E-state index in [0.717, 1.165) is 5.56 Å². The largest absolute Gasteiger partial charge is 0.478 e. The highest BCUT2D eigenvalue weighted by atomic mass is 16.5. The van der Waals surface area contributed by atoms with E-state index < -0.39 is 11.9 Å². The van der Waals surface area contributed by atoms with Crippen molar-refractivity contribution in [1.82, 2.24) is 4.57 Å². The molecule has 3 aromatic carbocycles. The Kier molecular flexibility index (Phi) is 5.37. The van der Waals surface area contributed by atoms with Crippen molar-refractivity contribution in [2.75, 3.05) is 7.11 Å². The zero-order chi connectivity index (χ0) is 22.0. The van der Waals surface area contributed by atoms with E-state index in [1.54, 1.807) is 24.3 Å². The number of esters is 1. The van der Waals surface area contributed by atoms with Gasteiger partial charge in [-0.1, -0.05) is 60.7 Å². The van der Waals surface area contributed by atoms with Crippen LogP contribution < -0.4 is 5.56 Å². The Hall–Kier alpha value is -4.19. The second-order valence-electron chi connectivity index (χ2n) is 7.02. The van der Waals surface area contributed by atoms with Crippen molar-refractivity contribution in [1.29, 1.82) is 0 Å². The summed E-state index contributed by atoms with van der Waals surface area (Å²) in [6.45, 7) is 0.0911. The van der Waals surface area contributed by atoms with Crippen LogP contribution >= 0.6 is 0 Å². The average molecular weight is 413 g/mol. The molecule has 0 aliphatic rings. The Morgan fingerprint density at radius 3 is 2.10 bits per heavy atom. The number of rotatable bonds is 5. The molecule has 0 aliphatic heterocycles. The van der Waals surface area contributed by atoms with Crippen molar-refractivity contribution in [3.63, 3.8) is 0 Å². The molecular formula is C25H19NO5. The number of carboxylic acid groups (broad SMARTS) is 1. The first kappa shape index (κ1) is 20.1. The van der Waals surface area contributed by atoms with Gasteiger partial charge in [0.25, 0.3) is 5.56 Å². The summed E-state index contributed by atoms with van der Waals surface area (Å²) in [5, 5.41) is 10.3. The van der Waals surface area contributed by atoms with E-state index in [-0.39, 0.29) is 23.4 Å². The van der Waals surface area contributed by atoms with Crippen LogP contribution in [0.25, 0.3) is 21.9 Å². The van der Waals surface area contributed by atoms with Gasteiger partial charge in [0, 0.05) is 10.9 Å². The predicted molar refractivity (Wildman–Crippen MR) is 117 cm³/mol. The number of methoxy groups -OCH3 is 1. The van der Waals surface area contributed by atoms with Crippen molar-refractivity contribution >= 4 is 22.7 Å². The highest BCUT2D eigenvalue weighted by Gasteiger charge is 2.24. The number of carbonyl (C=O) groups excluding carboxylic acids is 1. The van der Waals surface area contributed by atoms with Crippen molar-refractivity contribution in [3.05, 3.63) is 106 Å². The number of carboxylic acids is 1. The monoisotopic (exact) mass is 413 g/mol. The fourth-order valence-corrected chi connectivity index (χ4v) is 3.69. The minimum absolute atomic E-state index is 0.0911. The molecule has 0 unspecified atom stereocenters. The summed E-state index contributed by atoms with van der Waals surface area (Å²) >= 11 is 0. The van der Waals surface area contributed by atoms with Crippen LogP contribution in [0.15, 0.2) is 83.7 Å². The van der Waals surface area contributed by atoms with E-state index in [2.05, 4.69) is 0 Å². The minimum atomic E-state index is -1.03. The molecule has 0 bridgehead atoms. The molecule has 0 saturated carbocycles. The van der Waals surface area contributed by atoms with Gasteiger partial charge in [-0.25, -0.2) is 9.59 Å². The first-order valence-corrected chi connectivity index (χ1v) is 9.62. The molecule has 31 heavy (non-hydrogen) atoms. The second-order valence-corrected chi connectivity index (χ2v) is 7.02. The number of nitrogens with zero attached hydrogens (tertiary/aromatic N) is 1. The summed E-state index contributed by atoms with van der Waals surface area (Å²) in [6.07, 6.45) is 0. The minimum Gasteiger partial charge on any atom is -0.478 e. The third-order valence-corrected chi connectivity index (χ3v) is 5.16. The smallest absolute Gasteiger partial charge is 0.355 e. The summed E-state index contributed by atoms with van der Waals surface area (Å²) in [5.74, 6) is -1.65. The standard InChI is InChI=1S/C25H19NO5/c1-31-25(30)22-21(17-7-3-2-4-8-17)19-9-5-6-10-20(19)23(27)26(22)15-16-11-13-18(14-12-16)24(28)29/h2-14H,15H2,1H3,(H,28,29). The molecule has 1 heterocycles. The number of aromatic carboxylic acids is 1. The van der Waals surface area contributed by atoms with Crippen molar-refractivity contribution in [3.8, 4) is 11.1 Å². The number of ether oxygens (including phenoxy) is 1. The van der Waals surface area contributed by atoms with Gasteiger partial charge in [-0.2, -0.15) is 0 Å². The molecule has 1 N–H and O–H groups in total. The van der Waals surface area contributed by atoms with Gasteiger partial charge in [0.15, 0.2) is 0 Å². The summed E-state index contributed by atoms with van der Waals surface area (Å²) in [7, 11) is 1.28. The van der Waals surface area contributed by atoms with Gasteiger partial charge >= 0.3 is 11.9 Å². The van der Waals surface area contributed by atoms with E-state index in [1.807, 2.05) is 42.5 Å². The van der Waals surface area contributed by atoms with Crippen LogP contribution in [-0.2, 0) is 11.3 Å². The maximum Gasteiger partial charge on any atom is 0.355 e. The summed E-state index contributed by atoms with van der Waals surface area (Å²) in [4.78, 5) is 37.4. The maximum atomic E-state index is 13.4. The van der Waals surface area contributed by atoms with Gasteiger partial charge in [0.05, 0.1) is 19.2 Å². The van der Waals surface area contributed by atoms with E-state index in [9.17, 15) is 14.4 Å². The van der Waals surface area contributed by atoms with Crippen LogP contribution in [0.4, 0.5) is 0 Å². The van der Waals surface area contributed by atoms with Crippen molar-refractivity contribution in [2.24, 2.45) is 0 Å². The lowest BCUT2D eigenvalue weighted by Crippen LogP contribution is -2.28. The lowest BCUT2D eigenvalue weighted by molar-refractivity contribution is 0.0588. The first-order valence-electron chi connectivity index (χ1n) is 9.62. The Morgan fingerprint density at radius 1 is 0.871 bits per heavy atom. The van der Waals surface area contributed by atoms with E-state index >= 15 is 0 Å². The Labute approximate surface area is 178 Å². The van der Waals surface area contributed by atoms with Crippen LogP contribution in [0, 0.1) is 0 Å². The van der Waals surface area contributed by atoms with Crippen molar-refractivity contribution in [2.45, 2.75) is 6.54 Å². The number of pyridine rings is 1. The second kappa shape index (κ2) is 8.28. The highest BCUT2D eigenvalue weighted by Crippen LogP contribution is 2.31. The lowest BCUT2D eigenvalue weighted by Gasteiger charge is -2.19. The topological polar surface area (TPSA) is 85.6 Å². The molecule has 0 atom stereocenters. The molecule has 4 aromatic rings. The number of carbonyl (C=O) groups is 2. The first-order chi connectivity index (χ1) is 15.0. The van der Waals surface area contributed by atoms with Gasteiger partial charge in [0.1, 0.15) is 5.69 Å². The molecule has 0 aliphatic carbocycles. The molecule has 6 heteroatoms. The molecule has 4 rings (SSSR count). The van der Waals surface area contributed by atoms with Gasteiger partial charge in [-0.15, -0.1) is 0 Å². The molecule has 0 fully saturated rings. The number of hydrogen-bond acceptors (Lipinski definition) is 4. The van der Waals surface area contributed by atoms with Gasteiger partial charge in [-0.3, -0.25) is 9.36 Å². The molecule has 0 amide bonds. The predicted octanol–water partition coefficient (Wildman–Crippen LogP) is 4.20. The number of benzene rings is 3. The van der Waals surface area contributed by atoms with Crippen LogP contribution in [0.2, 0.25) is 0 Å². The summed E-state index contributed by atoms with van der Waals surface area (Å²) in [6, 6.07) is 22.7. The molecule has 154 valence electrons. The third kappa shape index (κ3) is 3.71. The van der Waals surface area contributed by atoms with Crippen molar-refractivity contribution < 1.29 is 19.4 Å². The fourth-order valence-electron chi connectivity index (χ4n) is 3.69. The summed E-state index contributed by atoms with van der Waals surface area (Å²) in [5.41, 5.74) is 2.07. The number of hydrogen-bond donors (Lipinski definition) is 1. The fraction of sp³-hybridized carbons (Fsp3) is 0.0800. The van der Waals surface area contributed by atoms with Crippen LogP contribution in [0.3, 0.4) is 0 Å². The summed E-state index contributed by atoms with van der Waals surface area (Å²) < 4.78 is 6.45. The van der Waals surface area contributed by atoms with E-state index in [4.69, 9.17) is 9.84 Å². The zero-order valence-corrected chi connectivity index (χ0v) is 16.7. The van der Waals surface area contributed by atoms with E-state index in [1.165, 1.54) is 23.8 Å². The highest BCUT2D eigenvalue weighted by molar-refractivity contribution is 6.06. The lowest BCUT2D eigenvalue weighted by atomic mass is 9.96. The number of fused-ring (bicyclic) bond motifs is 1. The maximum absolute atomic E-state index is 13.4. The van der Waals surface area contributed by atoms with Gasteiger partial charge < -0.3 is 9.84 Å². The molecular weight excluding hydrogens is 394 g/mol. The van der Waals surface area contributed by atoms with Gasteiger partial charge in [0.2, 0.25) is 0 Å². The van der Waals surface area contributed by atoms with Crippen LogP contribution in [0.5, 0.6) is 0 Å². The Bertz CT molecular complexity index is 1340. The molecule has 1 aromatic heterocycles. The molecule has 6 nitrogen and oxygen atoms in total. The van der Waals surface area contributed by atoms with Crippen LogP contribution in [0.1, 0.15) is 26.4 Å². The van der Waals surface area contributed by atoms with E-state index in [0.29, 0.717) is 21.9 Å². The van der Waals surface area contributed by atoms with Gasteiger partial charge in [-0.05, 0) is 34.7 Å². The quantitative estimate of drug-likeness (QED) is 0.496. The van der Waals surface area contributed by atoms with Crippen LogP contribution in [-0.4, -0.2) is 28.7 Å². The Balaban J connectivity index is 2.02. The normalized spacial score (nSPS) is 10.7. The SMILES string of the molecule is COC(=O)c1c(-c2ccccc2)c2ccccc2c(=O)n1Cc1ccc(C(=O)O)cc1. The molecule has 0 radical (unpaired) electrons. The Morgan fingerprint density at radius 2 is 1.48 bits per heavy atom. The molecule has 0 spiro atoms.